The molecule has 0 aliphatic rings. The van der Waals surface area contributed by atoms with Crippen LogP contribution in [-0.4, -0.2) is 27.3 Å². The van der Waals surface area contributed by atoms with Crippen LogP contribution in [0.1, 0.15) is 12.0 Å². The Bertz CT molecular complexity index is 640. The Balaban J connectivity index is 1.88. The van der Waals surface area contributed by atoms with Gasteiger partial charge in [-0.3, -0.25) is 9.48 Å². The van der Waals surface area contributed by atoms with Gasteiger partial charge in [0.05, 0.1) is 24.8 Å². The number of hydrogen-bond donors (Lipinski definition) is 2. The average molecular weight is 304 g/mol. The van der Waals surface area contributed by atoms with Crippen molar-refractivity contribution in [1.29, 1.82) is 0 Å². The van der Waals surface area contributed by atoms with Crippen molar-refractivity contribution in [3.63, 3.8) is 0 Å². The number of carbonyl (C=O) groups is 1. The van der Waals surface area contributed by atoms with Crippen molar-refractivity contribution in [2.45, 2.75) is 6.42 Å². The molecule has 2 rings (SSSR count). The predicted octanol–water partition coefficient (Wildman–Crippen LogP) is 1.46. The highest BCUT2D eigenvalue weighted by atomic mass is 32.1. The van der Waals surface area contributed by atoms with E-state index in [9.17, 15) is 4.79 Å². The lowest BCUT2D eigenvalue weighted by molar-refractivity contribution is -0.116. The summed E-state index contributed by atoms with van der Waals surface area (Å²) >= 11 is 4.92. The van der Waals surface area contributed by atoms with Crippen molar-refractivity contribution < 1.29 is 9.53 Å². The van der Waals surface area contributed by atoms with E-state index < -0.39 is 0 Å². The second-order valence-corrected chi connectivity index (χ2v) is 4.79. The Morgan fingerprint density at radius 3 is 2.81 bits per heavy atom. The molecule has 1 aromatic heterocycles. The number of nitrogens with one attached hydrogen (secondary N) is 1. The van der Waals surface area contributed by atoms with Crippen LogP contribution in [0.4, 0.5) is 5.82 Å². The molecule has 0 aliphatic carbocycles. The molecule has 0 saturated heterocycles. The van der Waals surface area contributed by atoms with Crippen LogP contribution in [-0.2, 0) is 11.8 Å². The molecular weight excluding hydrogens is 288 g/mol. The topological polar surface area (TPSA) is 82.2 Å². The number of nitrogens with zero attached hydrogens (tertiary/aromatic N) is 2. The number of aromatic nitrogens is 2. The van der Waals surface area contributed by atoms with Crippen LogP contribution < -0.4 is 15.8 Å². The first-order chi connectivity index (χ1) is 10.1. The van der Waals surface area contributed by atoms with E-state index in [1.54, 1.807) is 7.05 Å². The summed E-state index contributed by atoms with van der Waals surface area (Å²) in [5.74, 6) is 1.04. The fraction of sp³-hybridized carbons (Fsp3) is 0.214. The van der Waals surface area contributed by atoms with Gasteiger partial charge in [0, 0.05) is 7.05 Å². The number of rotatable bonds is 6. The van der Waals surface area contributed by atoms with E-state index in [4.69, 9.17) is 22.7 Å². The van der Waals surface area contributed by atoms with Crippen LogP contribution in [0.3, 0.4) is 0 Å². The zero-order chi connectivity index (χ0) is 15.2. The van der Waals surface area contributed by atoms with E-state index in [1.165, 1.54) is 10.9 Å². The van der Waals surface area contributed by atoms with Gasteiger partial charge in [0.1, 0.15) is 16.6 Å². The van der Waals surface area contributed by atoms with Gasteiger partial charge in [-0.25, -0.2) is 0 Å². The van der Waals surface area contributed by atoms with Crippen molar-refractivity contribution in [1.82, 2.24) is 9.78 Å². The zero-order valence-corrected chi connectivity index (χ0v) is 12.4. The Kier molecular flexibility index (Phi) is 4.89. The maximum atomic E-state index is 11.9. The highest BCUT2D eigenvalue weighted by Gasteiger charge is 2.13. The molecule has 0 aliphatic heterocycles. The van der Waals surface area contributed by atoms with Gasteiger partial charge in [-0.15, -0.1) is 0 Å². The Hall–Kier alpha value is -2.41. The van der Waals surface area contributed by atoms with E-state index in [1.807, 2.05) is 30.3 Å². The first-order valence-corrected chi connectivity index (χ1v) is 6.78. The number of nitrogens with two attached hydrogens (primary N) is 1. The monoisotopic (exact) mass is 304 g/mol. The number of hydrogen-bond acceptors (Lipinski definition) is 4. The highest BCUT2D eigenvalue weighted by molar-refractivity contribution is 7.80. The van der Waals surface area contributed by atoms with Gasteiger partial charge in [-0.2, -0.15) is 5.10 Å². The predicted molar refractivity (Wildman–Crippen MR) is 84.3 cm³/mol. The third-order valence-electron chi connectivity index (χ3n) is 2.80. The molecule has 1 heterocycles. The van der Waals surface area contributed by atoms with Crippen LogP contribution in [0.5, 0.6) is 5.75 Å². The largest absolute Gasteiger partial charge is 0.493 e. The van der Waals surface area contributed by atoms with Gasteiger partial charge in [0.25, 0.3) is 0 Å². The minimum atomic E-state index is -0.188. The number of carbonyl (C=O) groups excluding carboxylic acids is 1. The van der Waals surface area contributed by atoms with Crippen molar-refractivity contribution in [3.05, 3.63) is 42.1 Å². The molecule has 0 saturated carbocycles. The number of para-hydroxylation sites is 1. The van der Waals surface area contributed by atoms with Crippen LogP contribution in [0.15, 0.2) is 36.5 Å². The lowest BCUT2D eigenvalue weighted by atomic mass is 10.3. The summed E-state index contributed by atoms with van der Waals surface area (Å²) in [6.07, 6.45) is 1.75. The molecule has 110 valence electrons. The van der Waals surface area contributed by atoms with Gasteiger partial charge in [0.15, 0.2) is 0 Å². The summed E-state index contributed by atoms with van der Waals surface area (Å²) in [5.41, 5.74) is 6.13. The van der Waals surface area contributed by atoms with E-state index in [0.29, 0.717) is 11.4 Å². The van der Waals surface area contributed by atoms with Gasteiger partial charge in [-0.05, 0) is 12.1 Å². The lowest BCUT2D eigenvalue weighted by Gasteiger charge is -2.09. The van der Waals surface area contributed by atoms with Gasteiger partial charge < -0.3 is 15.8 Å². The van der Waals surface area contributed by atoms with Crippen LogP contribution in [0.25, 0.3) is 0 Å². The van der Waals surface area contributed by atoms with Crippen molar-refractivity contribution in [3.8, 4) is 5.75 Å². The Morgan fingerprint density at radius 1 is 1.43 bits per heavy atom. The lowest BCUT2D eigenvalue weighted by Crippen LogP contribution is -2.20. The molecule has 1 amide bonds. The molecule has 7 heteroatoms. The molecule has 1 aromatic carbocycles. The highest BCUT2D eigenvalue weighted by Crippen LogP contribution is 2.14. The molecule has 0 bridgehead atoms. The number of ether oxygens (including phenoxy) is 1. The molecule has 0 fully saturated rings. The first-order valence-electron chi connectivity index (χ1n) is 6.37. The SMILES string of the molecule is Cn1ncc(C(N)=S)c1NC(=O)CCOc1ccccc1. The molecule has 3 N–H and O–H groups in total. The summed E-state index contributed by atoms with van der Waals surface area (Å²) in [6.45, 7) is 0.288. The first kappa shape index (κ1) is 15.0. The number of thiocarbonyl (C=S) groups is 1. The van der Waals surface area contributed by atoms with Crippen LogP contribution in [0, 0.1) is 0 Å². The van der Waals surface area contributed by atoms with E-state index in [-0.39, 0.29) is 23.9 Å². The molecular formula is C14H16N4O2S. The Labute approximate surface area is 127 Å². The summed E-state index contributed by atoms with van der Waals surface area (Å²) in [6, 6.07) is 9.33. The summed E-state index contributed by atoms with van der Waals surface area (Å²) in [7, 11) is 1.71. The quantitative estimate of drug-likeness (QED) is 0.790. The van der Waals surface area contributed by atoms with Gasteiger partial charge in [0.2, 0.25) is 5.91 Å². The van der Waals surface area contributed by atoms with Crippen molar-refractivity contribution in [2.24, 2.45) is 12.8 Å². The number of anilines is 1. The molecule has 0 spiro atoms. The summed E-state index contributed by atoms with van der Waals surface area (Å²) in [4.78, 5) is 12.1. The van der Waals surface area contributed by atoms with Gasteiger partial charge in [-0.1, -0.05) is 30.4 Å². The molecule has 0 atom stereocenters. The molecule has 2 aromatic rings. The third kappa shape index (κ3) is 4.03. The maximum absolute atomic E-state index is 11.9. The zero-order valence-electron chi connectivity index (χ0n) is 11.6. The van der Waals surface area contributed by atoms with E-state index >= 15 is 0 Å². The smallest absolute Gasteiger partial charge is 0.228 e. The fourth-order valence-corrected chi connectivity index (χ4v) is 1.89. The van der Waals surface area contributed by atoms with Crippen molar-refractivity contribution >= 4 is 28.9 Å². The van der Waals surface area contributed by atoms with Gasteiger partial charge >= 0.3 is 0 Å². The van der Waals surface area contributed by atoms with Crippen molar-refractivity contribution in [2.75, 3.05) is 11.9 Å². The number of aryl methyl sites for hydroxylation is 1. The second-order valence-electron chi connectivity index (χ2n) is 4.35. The Morgan fingerprint density at radius 2 is 2.14 bits per heavy atom. The van der Waals surface area contributed by atoms with Crippen LogP contribution >= 0.6 is 12.2 Å². The summed E-state index contributed by atoms with van der Waals surface area (Å²) < 4.78 is 6.99. The van der Waals surface area contributed by atoms with E-state index in [2.05, 4.69) is 10.4 Å². The standard InChI is InChI=1S/C14H16N4O2S/c1-18-14(11(9-16-18)13(15)21)17-12(19)7-8-20-10-5-3-2-4-6-10/h2-6,9H,7-8H2,1H3,(H2,15,21)(H,17,19). The number of benzene rings is 1. The van der Waals surface area contributed by atoms with E-state index in [0.717, 1.165) is 5.75 Å². The third-order valence-corrected chi connectivity index (χ3v) is 3.02. The van der Waals surface area contributed by atoms with Crippen LogP contribution in [0.2, 0.25) is 0 Å². The normalized spacial score (nSPS) is 10.1. The average Bonchev–Trinajstić information content (AvgIpc) is 2.81. The second kappa shape index (κ2) is 6.85. The summed E-state index contributed by atoms with van der Waals surface area (Å²) in [5, 5.41) is 6.76. The minimum Gasteiger partial charge on any atom is -0.493 e. The number of amides is 1. The molecule has 6 nitrogen and oxygen atoms in total. The molecule has 0 radical (unpaired) electrons. The molecule has 21 heavy (non-hydrogen) atoms. The molecule has 0 unspecified atom stereocenters. The minimum absolute atomic E-state index is 0.188. The maximum Gasteiger partial charge on any atom is 0.228 e. The fourth-order valence-electron chi connectivity index (χ4n) is 1.74.